The predicted molar refractivity (Wildman–Crippen MR) is 76.6 cm³/mol. The standard InChI is InChI=1S/C16H19NO4/c18-15(19)10-13-3-1-2-7-17(13)16(20)12-4-5-14-11(9-12)6-8-21-14/h4-5,9,13H,1-3,6-8,10H2,(H,18,19). The molecule has 0 bridgehead atoms. The summed E-state index contributed by atoms with van der Waals surface area (Å²) in [6.45, 7) is 1.31. The third-order valence-electron chi connectivity index (χ3n) is 4.23. The molecule has 0 radical (unpaired) electrons. The minimum Gasteiger partial charge on any atom is -0.493 e. The molecule has 1 aromatic rings. The van der Waals surface area contributed by atoms with Gasteiger partial charge in [0.05, 0.1) is 13.0 Å². The van der Waals surface area contributed by atoms with Crippen LogP contribution >= 0.6 is 0 Å². The SMILES string of the molecule is O=C(O)CC1CCCCN1C(=O)c1ccc2c(c1)CCO2. The van der Waals surface area contributed by atoms with E-state index in [1.54, 1.807) is 11.0 Å². The van der Waals surface area contributed by atoms with Crippen LogP contribution in [0.15, 0.2) is 18.2 Å². The summed E-state index contributed by atoms with van der Waals surface area (Å²) in [5.74, 6) is -0.0509. The van der Waals surface area contributed by atoms with Crippen LogP contribution in [0.1, 0.15) is 41.6 Å². The molecule has 5 heteroatoms. The zero-order chi connectivity index (χ0) is 14.8. The van der Waals surface area contributed by atoms with Crippen LogP contribution in [0.5, 0.6) is 5.75 Å². The van der Waals surface area contributed by atoms with Crippen LogP contribution in [0.25, 0.3) is 0 Å². The Balaban J connectivity index is 1.80. The van der Waals surface area contributed by atoms with Crippen molar-refractivity contribution in [2.45, 2.75) is 38.1 Å². The average molecular weight is 289 g/mol. The molecule has 1 N–H and O–H groups in total. The first-order valence-corrected chi connectivity index (χ1v) is 7.43. The van der Waals surface area contributed by atoms with Crippen LogP contribution in [0.3, 0.4) is 0 Å². The number of benzene rings is 1. The fourth-order valence-corrected chi connectivity index (χ4v) is 3.17. The minimum absolute atomic E-state index is 0.0276. The lowest BCUT2D eigenvalue weighted by molar-refractivity contribution is -0.138. The highest BCUT2D eigenvalue weighted by atomic mass is 16.5. The first-order chi connectivity index (χ1) is 10.1. The minimum atomic E-state index is -0.845. The number of rotatable bonds is 3. The number of fused-ring (bicyclic) bond motifs is 1. The number of carboxylic acid groups (broad SMARTS) is 1. The fourth-order valence-electron chi connectivity index (χ4n) is 3.17. The van der Waals surface area contributed by atoms with E-state index in [1.165, 1.54) is 0 Å². The number of carbonyl (C=O) groups excluding carboxylic acids is 1. The smallest absolute Gasteiger partial charge is 0.305 e. The van der Waals surface area contributed by atoms with Gasteiger partial charge in [0.2, 0.25) is 0 Å². The maximum atomic E-state index is 12.7. The third-order valence-corrected chi connectivity index (χ3v) is 4.23. The molecule has 1 saturated heterocycles. The van der Waals surface area contributed by atoms with E-state index in [0.717, 1.165) is 37.0 Å². The maximum absolute atomic E-state index is 12.7. The molecule has 5 nitrogen and oxygen atoms in total. The van der Waals surface area contributed by atoms with Gasteiger partial charge >= 0.3 is 5.97 Å². The van der Waals surface area contributed by atoms with Gasteiger partial charge in [-0.15, -0.1) is 0 Å². The third kappa shape index (κ3) is 2.86. The van der Waals surface area contributed by atoms with E-state index >= 15 is 0 Å². The van der Waals surface area contributed by atoms with Crippen molar-refractivity contribution in [2.24, 2.45) is 0 Å². The summed E-state index contributed by atoms with van der Waals surface area (Å²) in [7, 11) is 0. The van der Waals surface area contributed by atoms with E-state index < -0.39 is 5.97 Å². The van der Waals surface area contributed by atoms with Crippen LogP contribution in [0.4, 0.5) is 0 Å². The van der Waals surface area contributed by atoms with Crippen molar-refractivity contribution in [2.75, 3.05) is 13.2 Å². The molecular formula is C16H19NO4. The van der Waals surface area contributed by atoms with E-state index in [2.05, 4.69) is 0 Å². The topological polar surface area (TPSA) is 66.8 Å². The number of aliphatic carboxylic acids is 1. The molecule has 1 unspecified atom stereocenters. The number of nitrogens with zero attached hydrogens (tertiary/aromatic N) is 1. The van der Waals surface area contributed by atoms with Crippen LogP contribution < -0.4 is 4.74 Å². The number of hydrogen-bond acceptors (Lipinski definition) is 3. The van der Waals surface area contributed by atoms with Crippen LogP contribution in [-0.4, -0.2) is 41.1 Å². The van der Waals surface area contributed by atoms with Gasteiger partial charge in [-0.1, -0.05) is 0 Å². The lowest BCUT2D eigenvalue weighted by Crippen LogP contribution is -2.44. The van der Waals surface area contributed by atoms with Gasteiger partial charge in [-0.3, -0.25) is 9.59 Å². The Morgan fingerprint density at radius 2 is 2.19 bits per heavy atom. The number of ether oxygens (including phenoxy) is 1. The average Bonchev–Trinajstić information content (AvgIpc) is 2.94. The number of amides is 1. The van der Waals surface area contributed by atoms with Gasteiger partial charge in [0.25, 0.3) is 5.91 Å². The fraction of sp³-hybridized carbons (Fsp3) is 0.500. The highest BCUT2D eigenvalue weighted by molar-refractivity contribution is 5.95. The monoisotopic (exact) mass is 289 g/mol. The molecule has 2 aliphatic rings. The van der Waals surface area contributed by atoms with Gasteiger partial charge in [-0.05, 0) is 43.0 Å². The first-order valence-electron chi connectivity index (χ1n) is 7.43. The van der Waals surface area contributed by atoms with E-state index in [1.807, 2.05) is 12.1 Å². The lowest BCUT2D eigenvalue weighted by atomic mass is 9.97. The summed E-state index contributed by atoms with van der Waals surface area (Å²) in [5, 5.41) is 9.01. The van der Waals surface area contributed by atoms with Gasteiger partial charge in [0.1, 0.15) is 5.75 Å². The summed E-state index contributed by atoms with van der Waals surface area (Å²) in [6.07, 6.45) is 3.55. The molecular weight excluding hydrogens is 270 g/mol. The largest absolute Gasteiger partial charge is 0.493 e. The van der Waals surface area contributed by atoms with Crippen molar-refractivity contribution < 1.29 is 19.4 Å². The normalized spacial score (nSPS) is 20.8. The molecule has 0 spiro atoms. The number of likely N-dealkylation sites (tertiary alicyclic amines) is 1. The number of carboxylic acids is 1. The molecule has 3 rings (SSSR count). The zero-order valence-electron chi connectivity index (χ0n) is 11.9. The van der Waals surface area contributed by atoms with Gasteiger partial charge < -0.3 is 14.7 Å². The molecule has 2 heterocycles. The van der Waals surface area contributed by atoms with Crippen molar-refractivity contribution in [3.8, 4) is 5.75 Å². The quantitative estimate of drug-likeness (QED) is 0.925. The number of hydrogen-bond donors (Lipinski definition) is 1. The Morgan fingerprint density at radius 1 is 1.33 bits per heavy atom. The molecule has 2 aliphatic heterocycles. The number of piperidine rings is 1. The van der Waals surface area contributed by atoms with Crippen molar-refractivity contribution in [3.05, 3.63) is 29.3 Å². The second kappa shape index (κ2) is 5.76. The van der Waals surface area contributed by atoms with Crippen molar-refractivity contribution in [3.63, 3.8) is 0 Å². The molecule has 1 amide bonds. The summed E-state index contributed by atoms with van der Waals surface area (Å²) < 4.78 is 5.45. The molecule has 1 fully saturated rings. The molecule has 112 valence electrons. The van der Waals surface area contributed by atoms with Gasteiger partial charge in [0, 0.05) is 24.6 Å². The zero-order valence-corrected chi connectivity index (χ0v) is 11.9. The molecule has 0 aliphatic carbocycles. The first kappa shape index (κ1) is 13.9. The Kier molecular flexibility index (Phi) is 3.82. The Hall–Kier alpha value is -2.04. The Morgan fingerprint density at radius 3 is 3.00 bits per heavy atom. The van der Waals surface area contributed by atoms with Crippen LogP contribution in [-0.2, 0) is 11.2 Å². The Labute approximate surface area is 123 Å². The van der Waals surface area contributed by atoms with Gasteiger partial charge in [-0.2, -0.15) is 0 Å². The Bertz CT molecular complexity index is 569. The summed E-state index contributed by atoms with van der Waals surface area (Å²) in [4.78, 5) is 25.4. The van der Waals surface area contributed by atoms with E-state index in [0.29, 0.717) is 18.7 Å². The van der Waals surface area contributed by atoms with Crippen molar-refractivity contribution in [1.29, 1.82) is 0 Å². The molecule has 0 aromatic heterocycles. The van der Waals surface area contributed by atoms with Crippen LogP contribution in [0.2, 0.25) is 0 Å². The maximum Gasteiger partial charge on any atom is 0.305 e. The number of carbonyl (C=O) groups is 2. The van der Waals surface area contributed by atoms with Crippen molar-refractivity contribution >= 4 is 11.9 Å². The van der Waals surface area contributed by atoms with Crippen molar-refractivity contribution in [1.82, 2.24) is 4.90 Å². The van der Waals surface area contributed by atoms with E-state index in [4.69, 9.17) is 9.84 Å². The summed E-state index contributed by atoms with van der Waals surface area (Å²) in [6, 6.07) is 5.31. The van der Waals surface area contributed by atoms with Crippen LogP contribution in [0, 0.1) is 0 Å². The highest BCUT2D eigenvalue weighted by Gasteiger charge is 2.29. The second-order valence-corrected chi connectivity index (χ2v) is 5.67. The second-order valence-electron chi connectivity index (χ2n) is 5.67. The molecule has 0 saturated carbocycles. The van der Waals surface area contributed by atoms with E-state index in [-0.39, 0.29) is 18.4 Å². The van der Waals surface area contributed by atoms with E-state index in [9.17, 15) is 9.59 Å². The molecule has 21 heavy (non-hydrogen) atoms. The highest BCUT2D eigenvalue weighted by Crippen LogP contribution is 2.28. The lowest BCUT2D eigenvalue weighted by Gasteiger charge is -2.35. The predicted octanol–water partition coefficient (Wildman–Crippen LogP) is 2.09. The van der Waals surface area contributed by atoms with Gasteiger partial charge in [0.15, 0.2) is 0 Å². The molecule has 1 atom stereocenters. The summed E-state index contributed by atoms with van der Waals surface area (Å²) >= 11 is 0. The molecule has 1 aromatic carbocycles. The summed E-state index contributed by atoms with van der Waals surface area (Å²) in [5.41, 5.74) is 1.70. The van der Waals surface area contributed by atoms with Gasteiger partial charge in [-0.25, -0.2) is 0 Å².